The van der Waals surface area contributed by atoms with Gasteiger partial charge in [0, 0.05) is 12.0 Å². The molecule has 0 aromatic heterocycles. The summed E-state index contributed by atoms with van der Waals surface area (Å²) >= 11 is 0. The van der Waals surface area contributed by atoms with E-state index in [-0.39, 0.29) is 13.0 Å². The molecule has 4 heteroatoms. The van der Waals surface area contributed by atoms with Crippen molar-refractivity contribution in [3.63, 3.8) is 0 Å². The number of aliphatic carboxylic acids is 1. The van der Waals surface area contributed by atoms with Crippen LogP contribution in [0.1, 0.15) is 26.2 Å². The highest BCUT2D eigenvalue weighted by molar-refractivity contribution is 5.67. The average Bonchev–Trinajstić information content (AvgIpc) is 2.04. The molecule has 1 fully saturated rings. The monoisotopic (exact) mass is 190 g/mol. The lowest BCUT2D eigenvalue weighted by atomic mass is 9.76. The molecule has 1 aliphatic heterocycles. The molecule has 0 amide bonds. The van der Waals surface area contributed by atoms with Crippen molar-refractivity contribution < 1.29 is 19.0 Å². The van der Waals surface area contributed by atoms with Crippen LogP contribution in [0.3, 0.4) is 0 Å². The fraction of sp³-hybridized carbons (Fsp3) is 0.889. The summed E-state index contributed by atoms with van der Waals surface area (Å²) in [4.78, 5) is 10.6. The number of alkyl halides is 1. The zero-order valence-electron chi connectivity index (χ0n) is 7.75. The zero-order valence-corrected chi connectivity index (χ0v) is 7.75. The molecule has 0 aromatic carbocycles. The van der Waals surface area contributed by atoms with Gasteiger partial charge in [-0.05, 0) is 19.8 Å². The van der Waals surface area contributed by atoms with Crippen LogP contribution in [0.5, 0.6) is 0 Å². The van der Waals surface area contributed by atoms with Gasteiger partial charge in [-0.25, -0.2) is 4.39 Å². The minimum absolute atomic E-state index is 0.134. The van der Waals surface area contributed by atoms with Crippen molar-refractivity contribution in [2.45, 2.75) is 32.4 Å². The lowest BCUT2D eigenvalue weighted by Gasteiger charge is -2.36. The maximum atomic E-state index is 13.3. The largest absolute Gasteiger partial charge is 0.481 e. The van der Waals surface area contributed by atoms with Crippen molar-refractivity contribution >= 4 is 5.97 Å². The number of rotatable bonds is 3. The van der Waals surface area contributed by atoms with Gasteiger partial charge < -0.3 is 9.84 Å². The van der Waals surface area contributed by atoms with Gasteiger partial charge in [-0.15, -0.1) is 0 Å². The van der Waals surface area contributed by atoms with Crippen LogP contribution in [0.4, 0.5) is 4.39 Å². The number of carboxylic acids is 1. The smallest absolute Gasteiger partial charge is 0.304 e. The fourth-order valence-corrected chi connectivity index (χ4v) is 1.77. The lowest BCUT2D eigenvalue weighted by Crippen LogP contribution is -2.40. The van der Waals surface area contributed by atoms with Gasteiger partial charge in [-0.3, -0.25) is 4.79 Å². The SMILES string of the molecule is CC(F)C1(CC(=O)O)CCCOC1. The third-order valence-corrected chi connectivity index (χ3v) is 2.70. The minimum Gasteiger partial charge on any atom is -0.481 e. The van der Waals surface area contributed by atoms with E-state index in [1.807, 2.05) is 0 Å². The van der Waals surface area contributed by atoms with Crippen molar-refractivity contribution in [3.8, 4) is 0 Å². The number of hydrogen-bond donors (Lipinski definition) is 1. The van der Waals surface area contributed by atoms with E-state index in [1.54, 1.807) is 0 Å². The molecule has 76 valence electrons. The Labute approximate surface area is 76.9 Å². The summed E-state index contributed by atoms with van der Waals surface area (Å²) in [7, 11) is 0. The van der Waals surface area contributed by atoms with Crippen LogP contribution in [-0.4, -0.2) is 30.5 Å². The highest BCUT2D eigenvalue weighted by atomic mass is 19.1. The van der Waals surface area contributed by atoms with Crippen molar-refractivity contribution in [1.29, 1.82) is 0 Å². The molecule has 1 aliphatic rings. The summed E-state index contributed by atoms with van der Waals surface area (Å²) in [5.41, 5.74) is -0.788. The predicted molar refractivity (Wildman–Crippen MR) is 45.3 cm³/mol. The Morgan fingerprint density at radius 3 is 2.85 bits per heavy atom. The van der Waals surface area contributed by atoms with E-state index in [0.717, 1.165) is 6.42 Å². The number of halogens is 1. The highest BCUT2D eigenvalue weighted by Crippen LogP contribution is 2.37. The van der Waals surface area contributed by atoms with Crippen molar-refractivity contribution in [3.05, 3.63) is 0 Å². The van der Waals surface area contributed by atoms with Gasteiger partial charge in [0.15, 0.2) is 0 Å². The molecule has 0 spiro atoms. The van der Waals surface area contributed by atoms with E-state index < -0.39 is 17.6 Å². The lowest BCUT2D eigenvalue weighted by molar-refractivity contribution is -0.145. The van der Waals surface area contributed by atoms with Gasteiger partial charge >= 0.3 is 5.97 Å². The van der Waals surface area contributed by atoms with Crippen LogP contribution < -0.4 is 0 Å². The Bertz CT molecular complexity index is 185. The normalized spacial score (nSPS) is 31.2. The molecule has 2 unspecified atom stereocenters. The van der Waals surface area contributed by atoms with Crippen LogP contribution in [0.15, 0.2) is 0 Å². The summed E-state index contributed by atoms with van der Waals surface area (Å²) in [6.07, 6.45) is 0.104. The van der Waals surface area contributed by atoms with Crippen LogP contribution in [0, 0.1) is 5.41 Å². The number of carboxylic acid groups (broad SMARTS) is 1. The second kappa shape index (κ2) is 4.05. The fourth-order valence-electron chi connectivity index (χ4n) is 1.77. The topological polar surface area (TPSA) is 46.5 Å². The van der Waals surface area contributed by atoms with E-state index in [4.69, 9.17) is 9.84 Å². The molecule has 13 heavy (non-hydrogen) atoms. The molecular weight excluding hydrogens is 175 g/mol. The van der Waals surface area contributed by atoms with Gasteiger partial charge in [0.05, 0.1) is 13.0 Å². The average molecular weight is 190 g/mol. The van der Waals surface area contributed by atoms with E-state index >= 15 is 0 Å². The van der Waals surface area contributed by atoms with Gasteiger partial charge in [0.2, 0.25) is 0 Å². The first kappa shape index (κ1) is 10.4. The Hall–Kier alpha value is -0.640. The van der Waals surface area contributed by atoms with Crippen LogP contribution in [0.2, 0.25) is 0 Å². The van der Waals surface area contributed by atoms with Gasteiger partial charge in [-0.2, -0.15) is 0 Å². The first-order valence-corrected chi connectivity index (χ1v) is 4.50. The molecule has 0 aromatic rings. The van der Waals surface area contributed by atoms with Crippen molar-refractivity contribution in [1.82, 2.24) is 0 Å². The second-order valence-electron chi connectivity index (χ2n) is 3.71. The van der Waals surface area contributed by atoms with Crippen molar-refractivity contribution in [2.75, 3.05) is 13.2 Å². The number of carbonyl (C=O) groups is 1. The van der Waals surface area contributed by atoms with Crippen LogP contribution in [0.25, 0.3) is 0 Å². The summed E-state index contributed by atoms with van der Waals surface area (Å²) in [5.74, 6) is -0.949. The van der Waals surface area contributed by atoms with E-state index in [0.29, 0.717) is 13.0 Å². The Morgan fingerprint density at radius 1 is 1.77 bits per heavy atom. The zero-order chi connectivity index (χ0) is 9.90. The maximum absolute atomic E-state index is 13.3. The summed E-state index contributed by atoms with van der Waals surface area (Å²) < 4.78 is 18.4. The molecule has 1 rings (SSSR count). The molecule has 0 saturated carbocycles. The molecule has 3 nitrogen and oxygen atoms in total. The first-order valence-electron chi connectivity index (χ1n) is 4.50. The third-order valence-electron chi connectivity index (χ3n) is 2.70. The number of ether oxygens (including phenoxy) is 1. The van der Waals surface area contributed by atoms with E-state index in [9.17, 15) is 9.18 Å². The Morgan fingerprint density at radius 2 is 2.46 bits per heavy atom. The summed E-state index contributed by atoms with van der Waals surface area (Å²) in [5, 5.41) is 8.66. The summed E-state index contributed by atoms with van der Waals surface area (Å²) in [6.45, 7) is 2.27. The third kappa shape index (κ3) is 2.40. The second-order valence-corrected chi connectivity index (χ2v) is 3.71. The predicted octanol–water partition coefficient (Wildman–Crippen LogP) is 1.62. The van der Waals surface area contributed by atoms with Crippen LogP contribution >= 0.6 is 0 Å². The molecule has 1 saturated heterocycles. The first-order chi connectivity index (χ1) is 6.07. The molecule has 1 heterocycles. The quantitative estimate of drug-likeness (QED) is 0.735. The minimum atomic E-state index is -1.12. The standard InChI is InChI=1S/C9H15FO3/c1-7(10)9(5-8(11)12)3-2-4-13-6-9/h7H,2-6H2,1H3,(H,11,12). The molecular formula is C9H15FO3. The van der Waals surface area contributed by atoms with Crippen molar-refractivity contribution in [2.24, 2.45) is 5.41 Å². The Kier molecular flexibility index (Phi) is 3.25. The van der Waals surface area contributed by atoms with Gasteiger partial charge in [-0.1, -0.05) is 0 Å². The van der Waals surface area contributed by atoms with Gasteiger partial charge in [0.1, 0.15) is 6.17 Å². The van der Waals surface area contributed by atoms with E-state index in [2.05, 4.69) is 0 Å². The van der Waals surface area contributed by atoms with Gasteiger partial charge in [0.25, 0.3) is 0 Å². The van der Waals surface area contributed by atoms with E-state index in [1.165, 1.54) is 6.92 Å². The molecule has 0 aliphatic carbocycles. The Balaban J connectivity index is 2.67. The highest BCUT2D eigenvalue weighted by Gasteiger charge is 2.40. The number of hydrogen-bond acceptors (Lipinski definition) is 2. The maximum Gasteiger partial charge on any atom is 0.304 e. The summed E-state index contributed by atoms with van der Waals surface area (Å²) in [6, 6.07) is 0. The molecule has 0 radical (unpaired) electrons. The molecule has 1 N–H and O–H groups in total. The molecule has 2 atom stereocenters. The molecule has 0 bridgehead atoms. The van der Waals surface area contributed by atoms with Crippen LogP contribution in [-0.2, 0) is 9.53 Å².